The number of esters is 1. The molecule has 21 heavy (non-hydrogen) atoms. The van der Waals surface area contributed by atoms with E-state index in [1.165, 1.54) is 27.7 Å². The Morgan fingerprint density at radius 2 is 1.62 bits per heavy atom. The molecule has 0 aromatic heterocycles. The molecule has 0 aromatic rings. The van der Waals surface area contributed by atoms with Gasteiger partial charge in [0, 0.05) is 5.92 Å². The van der Waals surface area contributed by atoms with Crippen LogP contribution in [0.2, 0.25) is 0 Å². The number of carbonyl (C=O) groups excluding carboxylic acids is 1. The fraction of sp³-hybridized carbons (Fsp3) is 0.929. The zero-order valence-electron chi connectivity index (χ0n) is 12.8. The summed E-state index contributed by atoms with van der Waals surface area (Å²) < 4.78 is 75.1. The summed E-state index contributed by atoms with van der Waals surface area (Å²) in [7, 11) is 0. The highest BCUT2D eigenvalue weighted by atomic mass is 19.3. The summed E-state index contributed by atoms with van der Waals surface area (Å²) in [6.07, 6.45) is -1.01. The zero-order valence-corrected chi connectivity index (χ0v) is 12.8. The first-order chi connectivity index (χ1) is 9.18. The molecule has 0 amide bonds. The van der Waals surface area contributed by atoms with Crippen molar-refractivity contribution in [3.8, 4) is 0 Å². The van der Waals surface area contributed by atoms with Gasteiger partial charge in [-0.15, -0.1) is 0 Å². The molecule has 2 nitrogen and oxygen atoms in total. The molecule has 0 heterocycles. The van der Waals surface area contributed by atoms with E-state index in [9.17, 15) is 26.7 Å². The second kappa shape index (κ2) is 5.09. The molecule has 0 aromatic carbocycles. The minimum absolute atomic E-state index is 0.159. The summed E-state index contributed by atoms with van der Waals surface area (Å²) in [5, 5.41) is 0. The number of rotatable bonds is 2. The van der Waals surface area contributed by atoms with Gasteiger partial charge in [-0.3, -0.25) is 4.79 Å². The van der Waals surface area contributed by atoms with Crippen molar-refractivity contribution in [2.45, 2.75) is 70.6 Å². The Balaban J connectivity index is 3.20. The summed E-state index contributed by atoms with van der Waals surface area (Å²) >= 11 is 0. The predicted octanol–water partition coefficient (Wildman–Crippen LogP) is 4.37. The van der Waals surface area contributed by atoms with Crippen molar-refractivity contribution in [2.75, 3.05) is 0 Å². The molecule has 0 aliphatic heterocycles. The van der Waals surface area contributed by atoms with Crippen LogP contribution in [0, 0.1) is 11.8 Å². The summed E-state index contributed by atoms with van der Waals surface area (Å²) in [6.45, 7) is 5.90. The number of alkyl halides is 5. The second-order valence-corrected chi connectivity index (χ2v) is 6.68. The highest BCUT2D eigenvalue weighted by Gasteiger charge is 2.76. The van der Waals surface area contributed by atoms with Crippen LogP contribution in [0.1, 0.15) is 47.5 Å². The van der Waals surface area contributed by atoms with E-state index in [0.717, 1.165) is 0 Å². The first-order valence-corrected chi connectivity index (χ1v) is 6.86. The summed E-state index contributed by atoms with van der Waals surface area (Å²) in [4.78, 5) is 11.9. The van der Waals surface area contributed by atoms with Crippen LogP contribution in [0.25, 0.3) is 0 Å². The van der Waals surface area contributed by atoms with Crippen molar-refractivity contribution in [2.24, 2.45) is 11.8 Å². The lowest BCUT2D eigenvalue weighted by molar-refractivity contribution is -0.306. The standard InChI is InChI=1S/C14H21F5O2/c1-6-8-7-9(10(20)21-11(2,3)4)14(18,19)12(5,15)13(8,16)17/h8-9H,6-7H2,1-5H3. The van der Waals surface area contributed by atoms with Gasteiger partial charge in [0.15, 0.2) is 0 Å². The first kappa shape index (κ1) is 18.2. The van der Waals surface area contributed by atoms with Crippen LogP contribution in [0.3, 0.4) is 0 Å². The molecule has 3 atom stereocenters. The fourth-order valence-corrected chi connectivity index (χ4v) is 2.55. The molecule has 7 heteroatoms. The Morgan fingerprint density at radius 1 is 1.14 bits per heavy atom. The third kappa shape index (κ3) is 2.88. The maximum absolute atomic E-state index is 14.2. The number of halogens is 5. The molecule has 0 saturated heterocycles. The largest absolute Gasteiger partial charge is 0.460 e. The van der Waals surface area contributed by atoms with Crippen LogP contribution in [0.4, 0.5) is 22.0 Å². The number of carbonyl (C=O) groups is 1. The van der Waals surface area contributed by atoms with Crippen LogP contribution in [0.5, 0.6) is 0 Å². The van der Waals surface area contributed by atoms with E-state index >= 15 is 0 Å². The quantitative estimate of drug-likeness (QED) is 0.558. The van der Waals surface area contributed by atoms with Crippen molar-refractivity contribution in [3.63, 3.8) is 0 Å². The maximum Gasteiger partial charge on any atom is 0.315 e. The van der Waals surface area contributed by atoms with Crippen molar-refractivity contribution in [1.82, 2.24) is 0 Å². The van der Waals surface area contributed by atoms with E-state index in [0.29, 0.717) is 0 Å². The molecule has 1 fully saturated rings. The Bertz CT molecular complexity index is 412. The molecule has 3 unspecified atom stereocenters. The number of hydrogen-bond acceptors (Lipinski definition) is 2. The Morgan fingerprint density at radius 3 is 2.00 bits per heavy atom. The van der Waals surface area contributed by atoms with Gasteiger partial charge in [-0.25, -0.2) is 22.0 Å². The molecular formula is C14H21F5O2. The van der Waals surface area contributed by atoms with Crippen LogP contribution >= 0.6 is 0 Å². The van der Waals surface area contributed by atoms with E-state index in [1.807, 2.05) is 0 Å². The van der Waals surface area contributed by atoms with Gasteiger partial charge in [0.2, 0.25) is 5.67 Å². The molecule has 1 rings (SSSR count). The third-order valence-electron chi connectivity index (χ3n) is 3.91. The smallest absolute Gasteiger partial charge is 0.315 e. The van der Waals surface area contributed by atoms with Crippen LogP contribution < -0.4 is 0 Å². The van der Waals surface area contributed by atoms with Gasteiger partial charge in [-0.2, -0.15) is 0 Å². The number of hydrogen-bond donors (Lipinski definition) is 0. The molecule has 0 bridgehead atoms. The predicted molar refractivity (Wildman–Crippen MR) is 67.1 cm³/mol. The molecule has 1 aliphatic carbocycles. The van der Waals surface area contributed by atoms with Crippen molar-refractivity contribution in [3.05, 3.63) is 0 Å². The minimum Gasteiger partial charge on any atom is -0.460 e. The average Bonchev–Trinajstić information content (AvgIpc) is 2.24. The van der Waals surface area contributed by atoms with Gasteiger partial charge in [0.25, 0.3) is 11.8 Å². The summed E-state index contributed by atoms with van der Waals surface area (Å²) in [6, 6.07) is 0. The van der Waals surface area contributed by atoms with Crippen LogP contribution in [-0.2, 0) is 9.53 Å². The van der Waals surface area contributed by atoms with Gasteiger partial charge in [-0.1, -0.05) is 6.92 Å². The highest BCUT2D eigenvalue weighted by Crippen LogP contribution is 2.58. The van der Waals surface area contributed by atoms with E-state index in [2.05, 4.69) is 0 Å². The van der Waals surface area contributed by atoms with Crippen molar-refractivity contribution >= 4 is 5.97 Å². The molecule has 0 spiro atoms. The normalized spacial score (nSPS) is 35.3. The topological polar surface area (TPSA) is 26.3 Å². The van der Waals surface area contributed by atoms with Crippen molar-refractivity contribution in [1.29, 1.82) is 0 Å². The van der Waals surface area contributed by atoms with Gasteiger partial charge < -0.3 is 4.74 Å². The summed E-state index contributed by atoms with van der Waals surface area (Å²) in [5.74, 6) is -13.9. The monoisotopic (exact) mass is 316 g/mol. The van der Waals surface area contributed by atoms with Crippen LogP contribution in [0.15, 0.2) is 0 Å². The van der Waals surface area contributed by atoms with E-state index in [1.54, 1.807) is 0 Å². The average molecular weight is 316 g/mol. The molecular weight excluding hydrogens is 295 g/mol. The van der Waals surface area contributed by atoms with Gasteiger partial charge in [0.05, 0.1) is 0 Å². The highest BCUT2D eigenvalue weighted by molar-refractivity contribution is 5.74. The Kier molecular flexibility index (Phi) is 4.40. The first-order valence-electron chi connectivity index (χ1n) is 6.86. The van der Waals surface area contributed by atoms with Crippen molar-refractivity contribution < 1.29 is 31.5 Å². The second-order valence-electron chi connectivity index (χ2n) is 6.68. The van der Waals surface area contributed by atoms with Gasteiger partial charge in [0.1, 0.15) is 11.5 Å². The lowest BCUT2D eigenvalue weighted by Gasteiger charge is -2.48. The molecule has 0 N–H and O–H groups in total. The van der Waals surface area contributed by atoms with Crippen LogP contribution in [-0.4, -0.2) is 29.1 Å². The third-order valence-corrected chi connectivity index (χ3v) is 3.91. The Hall–Kier alpha value is -0.880. The molecule has 1 saturated carbocycles. The molecule has 0 radical (unpaired) electrons. The SMILES string of the molecule is CCC1CC(C(=O)OC(C)(C)C)C(F)(F)C(C)(F)C1(F)F. The molecule has 1 aliphatic rings. The minimum atomic E-state index is -4.50. The van der Waals surface area contributed by atoms with E-state index < -0.39 is 47.3 Å². The lowest BCUT2D eigenvalue weighted by Crippen LogP contribution is -2.67. The fourth-order valence-electron chi connectivity index (χ4n) is 2.55. The van der Waals surface area contributed by atoms with E-state index in [4.69, 9.17) is 4.74 Å². The maximum atomic E-state index is 14.2. The zero-order chi connectivity index (χ0) is 16.9. The van der Waals surface area contributed by atoms with E-state index in [-0.39, 0.29) is 13.3 Å². The Labute approximate surface area is 121 Å². The van der Waals surface area contributed by atoms with Gasteiger partial charge >= 0.3 is 5.97 Å². The van der Waals surface area contributed by atoms with Gasteiger partial charge in [-0.05, 0) is 40.5 Å². The number of ether oxygens (including phenoxy) is 1. The lowest BCUT2D eigenvalue weighted by atomic mass is 9.67. The summed E-state index contributed by atoms with van der Waals surface area (Å²) in [5.41, 5.74) is -5.15. The molecule has 124 valence electrons.